The van der Waals surface area contributed by atoms with Gasteiger partial charge in [0.25, 0.3) is 0 Å². The Morgan fingerprint density at radius 2 is 1.76 bits per heavy atom. The Kier molecular flexibility index (Phi) is 6.87. The maximum absolute atomic E-state index is 13.4. The topological polar surface area (TPSA) is 95.7 Å². The monoisotopic (exact) mass is 406 g/mol. The zero-order valence-electron chi connectivity index (χ0n) is 18.3. The zero-order chi connectivity index (χ0) is 21.2. The van der Waals surface area contributed by atoms with Crippen molar-refractivity contribution in [3.63, 3.8) is 0 Å². The summed E-state index contributed by atoms with van der Waals surface area (Å²) in [4.78, 5) is 41.7. The molecule has 0 radical (unpaired) electrons. The van der Waals surface area contributed by atoms with Crippen molar-refractivity contribution in [2.24, 2.45) is 23.0 Å². The van der Waals surface area contributed by atoms with Crippen LogP contribution in [-0.2, 0) is 14.4 Å². The molecule has 0 spiro atoms. The van der Waals surface area contributed by atoms with Gasteiger partial charge in [-0.05, 0) is 42.9 Å². The second-order valence-electron chi connectivity index (χ2n) is 10.4. The van der Waals surface area contributed by atoms with Gasteiger partial charge in [-0.3, -0.25) is 14.4 Å². The van der Waals surface area contributed by atoms with Gasteiger partial charge in [0.15, 0.2) is 0 Å². The quantitative estimate of drug-likeness (QED) is 0.670. The molecular weight excluding hydrogens is 368 g/mol. The highest BCUT2D eigenvalue weighted by Crippen LogP contribution is 2.36. The number of carbonyl (C=O) groups is 3. The van der Waals surface area contributed by atoms with Crippen LogP contribution in [0.5, 0.6) is 0 Å². The van der Waals surface area contributed by atoms with Crippen LogP contribution >= 0.6 is 0 Å². The Balaban J connectivity index is 1.66. The number of carbonyl (C=O) groups excluding carboxylic acids is 3. The number of nitrogens with zero attached hydrogens (tertiary/aromatic N) is 2. The Bertz CT molecular complexity index is 618. The molecule has 1 unspecified atom stereocenters. The van der Waals surface area contributed by atoms with E-state index in [2.05, 4.69) is 26.1 Å². The molecule has 3 fully saturated rings. The van der Waals surface area contributed by atoms with Crippen molar-refractivity contribution in [2.75, 3.05) is 26.2 Å². The van der Waals surface area contributed by atoms with E-state index >= 15 is 0 Å². The SMILES string of the molecule is CC(C)(C)C[C@@H]1NCCN(C(CC2CC2)C(=O)N2CCC(CC(N)=O)CC2)C1=O. The molecule has 0 aromatic heterocycles. The molecule has 1 aliphatic carbocycles. The first kappa shape index (κ1) is 22.1. The van der Waals surface area contributed by atoms with Crippen molar-refractivity contribution in [1.29, 1.82) is 0 Å². The first-order chi connectivity index (χ1) is 13.6. The van der Waals surface area contributed by atoms with Crippen molar-refractivity contribution in [2.45, 2.75) is 77.8 Å². The van der Waals surface area contributed by atoms with Gasteiger partial charge in [-0.2, -0.15) is 0 Å². The van der Waals surface area contributed by atoms with Crippen LogP contribution in [0.3, 0.4) is 0 Å². The van der Waals surface area contributed by atoms with Crippen LogP contribution in [0.4, 0.5) is 0 Å². The molecule has 164 valence electrons. The third-order valence-corrected chi connectivity index (χ3v) is 6.47. The number of nitrogens with one attached hydrogen (secondary N) is 1. The zero-order valence-corrected chi connectivity index (χ0v) is 18.3. The van der Waals surface area contributed by atoms with Gasteiger partial charge >= 0.3 is 0 Å². The van der Waals surface area contributed by atoms with Gasteiger partial charge in [0.1, 0.15) is 6.04 Å². The number of hydrogen-bond acceptors (Lipinski definition) is 4. The molecule has 3 amide bonds. The number of primary amides is 1. The fraction of sp³-hybridized carbons (Fsp3) is 0.864. The number of amides is 3. The van der Waals surface area contributed by atoms with Gasteiger partial charge in [-0.1, -0.05) is 33.6 Å². The van der Waals surface area contributed by atoms with E-state index in [1.807, 2.05) is 9.80 Å². The van der Waals surface area contributed by atoms with E-state index in [4.69, 9.17) is 5.73 Å². The average molecular weight is 407 g/mol. The van der Waals surface area contributed by atoms with Crippen LogP contribution < -0.4 is 11.1 Å². The van der Waals surface area contributed by atoms with Crippen molar-refractivity contribution >= 4 is 17.7 Å². The number of rotatable bonds is 7. The normalized spacial score (nSPS) is 25.2. The average Bonchev–Trinajstić information content (AvgIpc) is 3.44. The van der Waals surface area contributed by atoms with Crippen LogP contribution in [-0.4, -0.2) is 65.8 Å². The molecule has 3 aliphatic rings. The third kappa shape index (κ3) is 6.17. The minimum absolute atomic E-state index is 0.0502. The highest BCUT2D eigenvalue weighted by Gasteiger charge is 2.42. The van der Waals surface area contributed by atoms with Crippen LogP contribution in [0.25, 0.3) is 0 Å². The molecule has 1 saturated carbocycles. The molecule has 2 saturated heterocycles. The van der Waals surface area contributed by atoms with E-state index in [9.17, 15) is 14.4 Å². The fourth-order valence-corrected chi connectivity index (χ4v) is 4.72. The lowest BCUT2D eigenvalue weighted by Gasteiger charge is -2.42. The van der Waals surface area contributed by atoms with Gasteiger partial charge in [0.05, 0.1) is 6.04 Å². The molecule has 29 heavy (non-hydrogen) atoms. The summed E-state index contributed by atoms with van der Waals surface area (Å²) in [5.41, 5.74) is 5.38. The maximum atomic E-state index is 13.4. The van der Waals surface area contributed by atoms with Crippen LogP contribution in [0.1, 0.15) is 65.7 Å². The van der Waals surface area contributed by atoms with Crippen molar-refractivity contribution in [3.05, 3.63) is 0 Å². The summed E-state index contributed by atoms with van der Waals surface area (Å²) >= 11 is 0. The summed E-state index contributed by atoms with van der Waals surface area (Å²) in [5.74, 6) is 0.751. The minimum atomic E-state index is -0.341. The first-order valence-electron chi connectivity index (χ1n) is 11.2. The van der Waals surface area contributed by atoms with Gasteiger partial charge < -0.3 is 20.9 Å². The van der Waals surface area contributed by atoms with Gasteiger partial charge in [0, 0.05) is 32.6 Å². The molecule has 3 rings (SSSR count). The molecule has 2 atom stereocenters. The summed E-state index contributed by atoms with van der Waals surface area (Å²) in [6.07, 6.45) is 5.91. The molecule has 3 N–H and O–H groups in total. The largest absolute Gasteiger partial charge is 0.370 e. The van der Waals surface area contributed by atoms with Crippen LogP contribution in [0, 0.1) is 17.3 Å². The summed E-state index contributed by atoms with van der Waals surface area (Å²) in [5, 5.41) is 3.36. The lowest BCUT2D eigenvalue weighted by molar-refractivity contribution is -0.150. The smallest absolute Gasteiger partial charge is 0.245 e. The molecule has 7 nitrogen and oxygen atoms in total. The molecule has 2 aliphatic heterocycles. The van der Waals surface area contributed by atoms with E-state index in [0.29, 0.717) is 32.0 Å². The predicted octanol–water partition coefficient (Wildman–Crippen LogP) is 1.51. The molecule has 2 heterocycles. The number of piperazine rings is 1. The fourth-order valence-electron chi connectivity index (χ4n) is 4.72. The van der Waals surface area contributed by atoms with Crippen molar-refractivity contribution in [1.82, 2.24) is 15.1 Å². The van der Waals surface area contributed by atoms with E-state index in [1.165, 1.54) is 0 Å². The summed E-state index contributed by atoms with van der Waals surface area (Å²) < 4.78 is 0. The van der Waals surface area contributed by atoms with Crippen molar-refractivity contribution < 1.29 is 14.4 Å². The van der Waals surface area contributed by atoms with Gasteiger partial charge in [-0.15, -0.1) is 0 Å². The highest BCUT2D eigenvalue weighted by atomic mass is 16.2. The lowest BCUT2D eigenvalue weighted by atomic mass is 9.86. The standard InChI is InChI=1S/C22H38N4O3/c1-22(2,3)14-17-20(28)26(11-8-24-17)18(12-15-4-5-15)21(29)25-9-6-16(7-10-25)13-19(23)27/h15-18,24H,4-14H2,1-3H3,(H2,23,27)/t17-,18?/m0/s1. The molecule has 0 aromatic rings. The molecule has 7 heteroatoms. The number of piperidine rings is 1. The van der Waals surface area contributed by atoms with Gasteiger partial charge in [0.2, 0.25) is 17.7 Å². The highest BCUT2D eigenvalue weighted by molar-refractivity contribution is 5.90. The Morgan fingerprint density at radius 3 is 2.31 bits per heavy atom. The second-order valence-corrected chi connectivity index (χ2v) is 10.4. The van der Waals surface area contributed by atoms with E-state index in [1.54, 1.807) is 0 Å². The number of likely N-dealkylation sites (tertiary alicyclic amines) is 1. The minimum Gasteiger partial charge on any atom is -0.370 e. The van der Waals surface area contributed by atoms with E-state index in [0.717, 1.165) is 45.1 Å². The van der Waals surface area contributed by atoms with Gasteiger partial charge in [-0.25, -0.2) is 0 Å². The Hall–Kier alpha value is -1.63. The molecule has 0 aromatic carbocycles. The molecular formula is C22H38N4O3. The third-order valence-electron chi connectivity index (χ3n) is 6.47. The predicted molar refractivity (Wildman–Crippen MR) is 112 cm³/mol. The van der Waals surface area contributed by atoms with E-state index < -0.39 is 0 Å². The summed E-state index contributed by atoms with van der Waals surface area (Å²) in [6.45, 7) is 9.08. The number of hydrogen-bond donors (Lipinski definition) is 2. The lowest BCUT2D eigenvalue weighted by Crippen LogP contribution is -2.62. The first-order valence-corrected chi connectivity index (χ1v) is 11.2. The Labute approximate surface area is 174 Å². The van der Waals surface area contributed by atoms with Crippen LogP contribution in [0.15, 0.2) is 0 Å². The maximum Gasteiger partial charge on any atom is 0.245 e. The number of nitrogens with two attached hydrogens (primary N) is 1. The molecule has 0 bridgehead atoms. The van der Waals surface area contributed by atoms with Crippen molar-refractivity contribution in [3.8, 4) is 0 Å². The summed E-state index contributed by atoms with van der Waals surface area (Å²) in [6, 6.07) is -0.549. The van der Waals surface area contributed by atoms with Crippen LogP contribution in [0.2, 0.25) is 0 Å². The Morgan fingerprint density at radius 1 is 1.10 bits per heavy atom. The summed E-state index contributed by atoms with van der Waals surface area (Å²) in [7, 11) is 0. The van der Waals surface area contributed by atoms with E-state index in [-0.39, 0.29) is 41.1 Å². The second kappa shape index (κ2) is 9.02.